The molecule has 80 heavy (non-hydrogen) atoms. The number of rotatable bonds is 59. The third-order valence-electron chi connectivity index (χ3n) is 13.5. The van der Waals surface area contributed by atoms with Crippen LogP contribution in [-0.4, -0.2) is 66.5 Å². The summed E-state index contributed by atoms with van der Waals surface area (Å²) in [6.07, 6.45) is 73.6. The summed E-state index contributed by atoms with van der Waals surface area (Å²) in [7, 11) is -4.77. The highest BCUT2D eigenvalue weighted by Crippen LogP contribution is 2.43. The SMILES string of the molecule is CC/C=C\C/C=C\C/C=C\C/C=C\C/C=C\CCCCCC(=O)OC(COC(=O)CCCCCCC/C=C\C/C=C\C/C=C\CC)COP(=O)(O)OCC(CO)OC(=O)CCCCCCCCCCCCCCCCCCCCC. The molecule has 0 heterocycles. The van der Waals surface area contributed by atoms with Gasteiger partial charge in [-0.1, -0.05) is 259 Å². The van der Waals surface area contributed by atoms with Gasteiger partial charge in [-0.15, -0.1) is 0 Å². The van der Waals surface area contributed by atoms with Crippen LogP contribution in [0.1, 0.15) is 278 Å². The Labute approximate surface area is 489 Å². The maximum atomic E-state index is 13.0. The Balaban J connectivity index is 4.73. The minimum Gasteiger partial charge on any atom is -0.462 e. The van der Waals surface area contributed by atoms with Gasteiger partial charge in [-0.25, -0.2) is 4.57 Å². The van der Waals surface area contributed by atoms with Crippen LogP contribution in [0.25, 0.3) is 0 Å². The number of aliphatic hydroxyl groups is 1. The number of hydrogen-bond donors (Lipinski definition) is 2. The van der Waals surface area contributed by atoms with Gasteiger partial charge in [-0.3, -0.25) is 23.4 Å². The van der Waals surface area contributed by atoms with Crippen molar-refractivity contribution in [2.45, 2.75) is 290 Å². The third-order valence-corrected chi connectivity index (χ3v) is 14.5. The second-order valence-corrected chi connectivity index (χ2v) is 22.6. The van der Waals surface area contributed by atoms with Crippen LogP contribution in [0.2, 0.25) is 0 Å². The Hall–Kier alpha value is -3.60. The predicted molar refractivity (Wildman–Crippen MR) is 334 cm³/mol. The van der Waals surface area contributed by atoms with Gasteiger partial charge >= 0.3 is 25.7 Å². The van der Waals surface area contributed by atoms with E-state index < -0.39 is 57.8 Å². The van der Waals surface area contributed by atoms with E-state index in [-0.39, 0.29) is 25.9 Å². The Kier molecular flexibility index (Phi) is 58.7. The molecule has 11 nitrogen and oxygen atoms in total. The van der Waals surface area contributed by atoms with Crippen molar-refractivity contribution >= 4 is 25.7 Å². The molecule has 0 amide bonds. The van der Waals surface area contributed by atoms with Crippen molar-refractivity contribution in [3.8, 4) is 0 Å². The van der Waals surface area contributed by atoms with Crippen LogP contribution >= 0.6 is 7.82 Å². The van der Waals surface area contributed by atoms with Crippen molar-refractivity contribution in [1.29, 1.82) is 0 Å². The van der Waals surface area contributed by atoms with E-state index in [1.54, 1.807) is 0 Å². The average molecular weight is 1140 g/mol. The lowest BCUT2D eigenvalue weighted by Crippen LogP contribution is -2.30. The number of esters is 3. The Morgan fingerprint density at radius 1 is 0.362 bits per heavy atom. The number of phosphoric acid groups is 1. The number of hydrogen-bond acceptors (Lipinski definition) is 10. The molecule has 0 saturated carbocycles. The third kappa shape index (κ3) is 59.0. The van der Waals surface area contributed by atoms with Gasteiger partial charge in [0.2, 0.25) is 0 Å². The number of unbranched alkanes of at least 4 members (excludes halogenated alkanes) is 26. The first-order chi connectivity index (χ1) is 39.2. The van der Waals surface area contributed by atoms with Gasteiger partial charge in [0.1, 0.15) is 12.7 Å². The van der Waals surface area contributed by atoms with Gasteiger partial charge in [0, 0.05) is 19.3 Å². The highest BCUT2D eigenvalue weighted by atomic mass is 31.2. The van der Waals surface area contributed by atoms with E-state index in [9.17, 15) is 28.9 Å². The van der Waals surface area contributed by atoms with Crippen molar-refractivity contribution in [2.24, 2.45) is 0 Å². The summed E-state index contributed by atoms with van der Waals surface area (Å²) in [5.74, 6) is -1.52. The highest BCUT2D eigenvalue weighted by molar-refractivity contribution is 7.47. The molecular weight excluding hydrogens is 1020 g/mol. The summed E-state index contributed by atoms with van der Waals surface area (Å²) >= 11 is 0. The number of ether oxygens (including phenoxy) is 3. The number of allylic oxidation sites excluding steroid dienone is 16. The van der Waals surface area contributed by atoms with E-state index in [0.717, 1.165) is 122 Å². The van der Waals surface area contributed by atoms with Crippen molar-refractivity contribution in [2.75, 3.05) is 26.4 Å². The molecule has 0 bridgehead atoms. The summed E-state index contributed by atoms with van der Waals surface area (Å²) in [6, 6.07) is 0. The van der Waals surface area contributed by atoms with Crippen LogP contribution in [0, 0.1) is 0 Å². The number of carbonyl (C=O) groups excluding carboxylic acids is 3. The van der Waals surface area contributed by atoms with Crippen LogP contribution in [0.5, 0.6) is 0 Å². The molecule has 0 saturated heterocycles. The molecule has 3 unspecified atom stereocenters. The molecular formula is C68H117O11P. The average Bonchev–Trinajstić information content (AvgIpc) is 3.45. The van der Waals surface area contributed by atoms with Crippen molar-refractivity contribution < 1.29 is 52.2 Å². The Morgan fingerprint density at radius 3 is 1.01 bits per heavy atom. The topological polar surface area (TPSA) is 155 Å². The number of aliphatic hydroxyl groups excluding tert-OH is 1. The smallest absolute Gasteiger partial charge is 0.462 e. The first-order valence-electron chi connectivity index (χ1n) is 32.1. The van der Waals surface area contributed by atoms with Crippen molar-refractivity contribution in [1.82, 2.24) is 0 Å². The molecule has 460 valence electrons. The van der Waals surface area contributed by atoms with E-state index >= 15 is 0 Å². The lowest BCUT2D eigenvalue weighted by molar-refractivity contribution is -0.161. The summed E-state index contributed by atoms with van der Waals surface area (Å²) in [5.41, 5.74) is 0. The monoisotopic (exact) mass is 1140 g/mol. The number of phosphoric ester groups is 1. The van der Waals surface area contributed by atoms with E-state index in [1.165, 1.54) is 96.3 Å². The minimum atomic E-state index is -4.77. The minimum absolute atomic E-state index is 0.121. The standard InChI is InChI=1S/C68H117O11P/c1-4-7-10-13-16-19-22-25-28-30-32-34-37-40-43-46-49-52-55-58-67(71)78-64(60-69)62-76-80(73,74)77-63-65(61-75-66(70)57-54-51-48-45-42-39-36-27-24-21-18-15-12-9-6-3)79-68(72)59-56-53-50-47-44-41-38-35-33-31-29-26-23-20-17-14-11-8-5-2/h8-9,11-12,17-18,20-21,26-27,29,33,35-36,41,44,64-65,69H,4-7,10,13-16,19,22-25,28,30-32,34,37-40,42-43,45-63H2,1-3H3,(H,73,74)/b11-8-,12-9-,20-17-,21-18-,29-26-,35-33-,36-27-,44-41-. The maximum absolute atomic E-state index is 13.0. The molecule has 0 rings (SSSR count). The van der Waals surface area contributed by atoms with Crippen molar-refractivity contribution in [3.63, 3.8) is 0 Å². The number of carbonyl (C=O) groups is 3. The quantitative estimate of drug-likeness (QED) is 0.0197. The maximum Gasteiger partial charge on any atom is 0.472 e. The van der Waals surface area contributed by atoms with Gasteiger partial charge in [0.15, 0.2) is 6.10 Å². The van der Waals surface area contributed by atoms with E-state index in [4.69, 9.17) is 23.3 Å². The summed E-state index contributed by atoms with van der Waals surface area (Å²) in [5, 5.41) is 9.86. The lowest BCUT2D eigenvalue weighted by Gasteiger charge is -2.21. The molecule has 0 spiro atoms. The van der Waals surface area contributed by atoms with Gasteiger partial charge in [-0.2, -0.15) is 0 Å². The first kappa shape index (κ1) is 76.4. The molecule has 12 heteroatoms. The zero-order valence-corrected chi connectivity index (χ0v) is 51.9. The molecule has 0 fully saturated rings. The molecule has 2 N–H and O–H groups in total. The van der Waals surface area contributed by atoms with Crippen LogP contribution in [0.3, 0.4) is 0 Å². The molecule has 0 aliphatic rings. The largest absolute Gasteiger partial charge is 0.472 e. The van der Waals surface area contributed by atoms with Crippen molar-refractivity contribution in [3.05, 3.63) is 97.2 Å². The zero-order chi connectivity index (χ0) is 58.3. The predicted octanol–water partition coefficient (Wildman–Crippen LogP) is 19.6. The van der Waals surface area contributed by atoms with Gasteiger partial charge < -0.3 is 24.2 Å². The Bertz CT molecular complexity index is 1710. The van der Waals surface area contributed by atoms with Gasteiger partial charge in [0.05, 0.1) is 19.8 Å². The van der Waals surface area contributed by atoms with E-state index in [1.807, 2.05) is 0 Å². The van der Waals surface area contributed by atoms with Crippen LogP contribution in [0.15, 0.2) is 97.2 Å². The fourth-order valence-corrected chi connectivity index (χ4v) is 9.48. The molecule has 0 aliphatic heterocycles. The lowest BCUT2D eigenvalue weighted by atomic mass is 10.0. The molecule has 0 radical (unpaired) electrons. The second kappa shape index (κ2) is 61.5. The normalized spacial score (nSPS) is 13.9. The second-order valence-electron chi connectivity index (χ2n) is 21.2. The fraction of sp³-hybridized carbons (Fsp3) is 0.721. The van der Waals surface area contributed by atoms with Crippen LogP contribution < -0.4 is 0 Å². The zero-order valence-electron chi connectivity index (χ0n) is 51.0. The molecule has 0 aliphatic carbocycles. The fourth-order valence-electron chi connectivity index (χ4n) is 8.69. The highest BCUT2D eigenvalue weighted by Gasteiger charge is 2.28. The summed E-state index contributed by atoms with van der Waals surface area (Å²) in [6.45, 7) is 4.40. The van der Waals surface area contributed by atoms with E-state index in [0.29, 0.717) is 19.3 Å². The molecule has 0 aromatic rings. The van der Waals surface area contributed by atoms with Gasteiger partial charge in [-0.05, 0) is 96.3 Å². The Morgan fingerprint density at radius 2 is 0.650 bits per heavy atom. The molecule has 0 aromatic heterocycles. The van der Waals surface area contributed by atoms with Gasteiger partial charge in [0.25, 0.3) is 0 Å². The summed E-state index contributed by atoms with van der Waals surface area (Å²) in [4.78, 5) is 48.7. The summed E-state index contributed by atoms with van der Waals surface area (Å²) < 4.78 is 39.6. The first-order valence-corrected chi connectivity index (χ1v) is 33.6. The van der Waals surface area contributed by atoms with Crippen LogP contribution in [-0.2, 0) is 42.2 Å². The molecule has 0 aromatic carbocycles. The van der Waals surface area contributed by atoms with E-state index in [2.05, 4.69) is 118 Å². The van der Waals surface area contributed by atoms with Crippen LogP contribution in [0.4, 0.5) is 0 Å². The molecule has 3 atom stereocenters.